The molecule has 154 valence electrons. The van der Waals surface area contributed by atoms with Crippen molar-refractivity contribution in [1.82, 2.24) is 4.72 Å². The van der Waals surface area contributed by atoms with E-state index >= 15 is 0 Å². The fourth-order valence-corrected chi connectivity index (χ4v) is 4.95. The number of carbonyl (C=O) groups is 2. The van der Waals surface area contributed by atoms with Gasteiger partial charge in [0.1, 0.15) is 5.75 Å². The number of thioether (sulfide) groups is 1. The van der Waals surface area contributed by atoms with Crippen LogP contribution in [0.15, 0.2) is 53.4 Å². The summed E-state index contributed by atoms with van der Waals surface area (Å²) in [5.74, 6) is 0.946. The van der Waals surface area contributed by atoms with Crippen LogP contribution >= 0.6 is 11.8 Å². The van der Waals surface area contributed by atoms with E-state index in [2.05, 4.69) is 4.72 Å². The normalized spacial score (nSPS) is 14.4. The number of sulfonamides is 1. The van der Waals surface area contributed by atoms with E-state index in [-0.39, 0.29) is 47.5 Å². The second-order valence-corrected chi connectivity index (χ2v) is 9.26. The first-order valence-corrected chi connectivity index (χ1v) is 11.7. The molecule has 1 aliphatic rings. The zero-order valence-electron chi connectivity index (χ0n) is 16.0. The Bertz CT molecular complexity index is 977. The zero-order chi connectivity index (χ0) is 20.9. The van der Waals surface area contributed by atoms with E-state index in [1.807, 2.05) is 30.3 Å². The molecule has 3 rings (SSSR count). The SMILES string of the molecule is COc1ccc(S(=O)(=O)NCCSCc2ccccc2)cc1N1C(=O)CCC1=O. The average Bonchev–Trinajstić information content (AvgIpc) is 3.06. The molecule has 0 aromatic heterocycles. The molecular formula is C20H22N2O5S2. The highest BCUT2D eigenvalue weighted by Crippen LogP contribution is 2.34. The number of methoxy groups -OCH3 is 1. The van der Waals surface area contributed by atoms with Crippen molar-refractivity contribution in [1.29, 1.82) is 0 Å². The van der Waals surface area contributed by atoms with Gasteiger partial charge in [0.2, 0.25) is 21.8 Å². The number of amides is 2. The molecule has 1 N–H and O–H groups in total. The van der Waals surface area contributed by atoms with Crippen molar-refractivity contribution in [3.8, 4) is 5.75 Å². The van der Waals surface area contributed by atoms with Crippen molar-refractivity contribution in [2.24, 2.45) is 0 Å². The Morgan fingerprint density at radius 2 is 1.76 bits per heavy atom. The molecule has 0 unspecified atom stereocenters. The van der Waals surface area contributed by atoms with Gasteiger partial charge in [0.15, 0.2) is 0 Å². The monoisotopic (exact) mass is 434 g/mol. The highest BCUT2D eigenvalue weighted by Gasteiger charge is 2.33. The van der Waals surface area contributed by atoms with Crippen LogP contribution in [0.5, 0.6) is 5.75 Å². The van der Waals surface area contributed by atoms with Crippen LogP contribution in [-0.2, 0) is 25.4 Å². The molecule has 29 heavy (non-hydrogen) atoms. The second-order valence-electron chi connectivity index (χ2n) is 6.39. The maximum atomic E-state index is 12.6. The van der Waals surface area contributed by atoms with Crippen molar-refractivity contribution in [2.75, 3.05) is 24.3 Å². The predicted molar refractivity (Wildman–Crippen MR) is 113 cm³/mol. The maximum Gasteiger partial charge on any atom is 0.240 e. The van der Waals surface area contributed by atoms with Gasteiger partial charge in [-0.05, 0) is 23.8 Å². The largest absolute Gasteiger partial charge is 0.495 e. The molecule has 1 saturated heterocycles. The van der Waals surface area contributed by atoms with E-state index in [1.54, 1.807) is 11.8 Å². The minimum absolute atomic E-state index is 0.0196. The van der Waals surface area contributed by atoms with E-state index < -0.39 is 10.0 Å². The second kappa shape index (κ2) is 9.43. The first kappa shape index (κ1) is 21.4. The number of hydrogen-bond acceptors (Lipinski definition) is 6. The number of imide groups is 1. The standard InChI is InChI=1S/C20H22N2O5S2/c1-27-18-8-7-16(13-17(18)22-19(23)9-10-20(22)24)29(25,26)21-11-12-28-14-15-5-3-2-4-6-15/h2-8,13,21H,9-12,14H2,1H3. The van der Waals surface area contributed by atoms with Gasteiger partial charge in [0.05, 0.1) is 17.7 Å². The fraction of sp³-hybridized carbons (Fsp3) is 0.300. The zero-order valence-corrected chi connectivity index (χ0v) is 17.6. The van der Waals surface area contributed by atoms with Crippen LogP contribution in [0.3, 0.4) is 0 Å². The van der Waals surface area contributed by atoms with Gasteiger partial charge in [-0.2, -0.15) is 11.8 Å². The summed E-state index contributed by atoms with van der Waals surface area (Å²) in [5.41, 5.74) is 1.33. The molecule has 0 saturated carbocycles. The Hall–Kier alpha value is -2.36. The first-order valence-electron chi connectivity index (χ1n) is 9.07. The lowest BCUT2D eigenvalue weighted by molar-refractivity contribution is -0.121. The number of hydrogen-bond donors (Lipinski definition) is 1. The molecule has 0 bridgehead atoms. The fourth-order valence-electron chi connectivity index (χ4n) is 2.95. The van der Waals surface area contributed by atoms with Crippen molar-refractivity contribution in [3.05, 3.63) is 54.1 Å². The Balaban J connectivity index is 1.66. The maximum absolute atomic E-state index is 12.6. The third-order valence-electron chi connectivity index (χ3n) is 4.40. The van der Waals surface area contributed by atoms with Crippen LogP contribution in [-0.4, -0.2) is 39.6 Å². The van der Waals surface area contributed by atoms with Gasteiger partial charge in [-0.3, -0.25) is 9.59 Å². The van der Waals surface area contributed by atoms with Crippen molar-refractivity contribution < 1.29 is 22.7 Å². The van der Waals surface area contributed by atoms with E-state index in [9.17, 15) is 18.0 Å². The number of benzene rings is 2. The molecule has 0 atom stereocenters. The first-order chi connectivity index (χ1) is 13.9. The smallest absolute Gasteiger partial charge is 0.240 e. The van der Waals surface area contributed by atoms with Crippen molar-refractivity contribution >= 4 is 39.3 Å². The molecule has 0 spiro atoms. The predicted octanol–water partition coefficient (Wildman–Crippen LogP) is 2.56. The molecule has 7 nitrogen and oxygen atoms in total. The minimum atomic E-state index is -3.79. The van der Waals surface area contributed by atoms with Crippen LogP contribution in [0.25, 0.3) is 0 Å². The van der Waals surface area contributed by atoms with Crippen LogP contribution in [0.1, 0.15) is 18.4 Å². The topological polar surface area (TPSA) is 92.8 Å². The summed E-state index contributed by atoms with van der Waals surface area (Å²) in [7, 11) is -2.38. The van der Waals surface area contributed by atoms with Gasteiger partial charge in [0.25, 0.3) is 0 Å². The summed E-state index contributed by atoms with van der Waals surface area (Å²) in [4.78, 5) is 25.1. The van der Waals surface area contributed by atoms with Gasteiger partial charge in [-0.1, -0.05) is 30.3 Å². The van der Waals surface area contributed by atoms with Crippen LogP contribution in [0.4, 0.5) is 5.69 Å². The summed E-state index contributed by atoms with van der Waals surface area (Å²) in [6, 6.07) is 14.1. The summed E-state index contributed by atoms with van der Waals surface area (Å²) in [6.45, 7) is 0.267. The molecule has 2 aromatic rings. The highest BCUT2D eigenvalue weighted by molar-refractivity contribution is 7.98. The summed E-state index contributed by atoms with van der Waals surface area (Å²) >= 11 is 1.63. The quantitative estimate of drug-likeness (QED) is 0.482. The van der Waals surface area contributed by atoms with E-state index in [0.29, 0.717) is 5.75 Å². The third kappa shape index (κ3) is 5.17. The van der Waals surface area contributed by atoms with Gasteiger partial charge < -0.3 is 4.74 Å². The van der Waals surface area contributed by atoms with Crippen LogP contribution in [0.2, 0.25) is 0 Å². The molecule has 2 amide bonds. The number of rotatable bonds is 9. The lowest BCUT2D eigenvalue weighted by Gasteiger charge is -2.18. The van der Waals surface area contributed by atoms with Gasteiger partial charge in [-0.25, -0.2) is 18.0 Å². The summed E-state index contributed by atoms with van der Waals surface area (Å²) < 4.78 is 33.1. The molecule has 9 heteroatoms. The third-order valence-corrected chi connectivity index (χ3v) is 6.89. The average molecular weight is 435 g/mol. The van der Waals surface area contributed by atoms with E-state index in [0.717, 1.165) is 10.7 Å². The summed E-state index contributed by atoms with van der Waals surface area (Å²) in [6.07, 6.45) is 0.214. The Kier molecular flexibility index (Phi) is 6.94. The summed E-state index contributed by atoms with van der Waals surface area (Å²) in [5, 5.41) is 0. The number of anilines is 1. The lowest BCUT2D eigenvalue weighted by atomic mass is 10.2. The molecular weight excluding hydrogens is 412 g/mol. The number of nitrogens with zero attached hydrogens (tertiary/aromatic N) is 1. The van der Waals surface area contributed by atoms with Gasteiger partial charge >= 0.3 is 0 Å². The number of nitrogens with one attached hydrogen (secondary N) is 1. The molecule has 1 aliphatic heterocycles. The molecule has 2 aromatic carbocycles. The minimum Gasteiger partial charge on any atom is -0.495 e. The molecule has 1 fully saturated rings. The van der Waals surface area contributed by atoms with E-state index in [1.165, 1.54) is 30.9 Å². The van der Waals surface area contributed by atoms with Gasteiger partial charge in [0, 0.05) is 30.9 Å². The Labute approximate surface area is 174 Å². The van der Waals surface area contributed by atoms with Crippen LogP contribution < -0.4 is 14.4 Å². The van der Waals surface area contributed by atoms with Crippen LogP contribution in [0, 0.1) is 0 Å². The van der Waals surface area contributed by atoms with Gasteiger partial charge in [-0.15, -0.1) is 0 Å². The number of carbonyl (C=O) groups excluding carboxylic acids is 2. The number of ether oxygens (including phenoxy) is 1. The Morgan fingerprint density at radius 1 is 1.07 bits per heavy atom. The molecule has 1 heterocycles. The Morgan fingerprint density at radius 3 is 2.41 bits per heavy atom. The van der Waals surface area contributed by atoms with Crippen molar-refractivity contribution in [2.45, 2.75) is 23.5 Å². The molecule has 0 radical (unpaired) electrons. The van der Waals surface area contributed by atoms with Crippen molar-refractivity contribution in [3.63, 3.8) is 0 Å². The van der Waals surface area contributed by atoms with E-state index in [4.69, 9.17) is 4.74 Å². The molecule has 0 aliphatic carbocycles. The highest BCUT2D eigenvalue weighted by atomic mass is 32.2. The lowest BCUT2D eigenvalue weighted by Crippen LogP contribution is -2.30.